The third-order valence-corrected chi connectivity index (χ3v) is 7.32. The zero-order chi connectivity index (χ0) is 26.7. The molecule has 0 heterocycles. The van der Waals surface area contributed by atoms with Gasteiger partial charge in [0.25, 0.3) is 0 Å². The summed E-state index contributed by atoms with van der Waals surface area (Å²) in [6, 6.07) is 14.9. The fourth-order valence-corrected chi connectivity index (χ4v) is 5.15. The Morgan fingerprint density at radius 3 is 2.19 bits per heavy atom. The zero-order valence-electron chi connectivity index (χ0n) is 22.3. The molecule has 0 bridgehead atoms. The fourth-order valence-electron chi connectivity index (χ4n) is 4.20. The Morgan fingerprint density at radius 2 is 1.61 bits per heavy atom. The summed E-state index contributed by atoms with van der Waals surface area (Å²) in [6.45, 7) is 8.86. The molecule has 36 heavy (non-hydrogen) atoms. The largest absolute Gasteiger partial charge is 0.354 e. The van der Waals surface area contributed by atoms with Crippen molar-refractivity contribution >= 4 is 27.5 Å². The molecule has 0 aromatic heterocycles. The van der Waals surface area contributed by atoms with E-state index in [-0.39, 0.29) is 24.8 Å². The Hall–Kier alpha value is -2.87. The molecule has 0 fully saturated rings. The van der Waals surface area contributed by atoms with Crippen LogP contribution in [0.15, 0.2) is 48.5 Å². The van der Waals surface area contributed by atoms with Gasteiger partial charge in [-0.1, -0.05) is 49.7 Å². The standard InChI is InChI=1S/C28H41N3O4S/c1-6-7-16-29-28(33)24(4)30(18-15-25-12-9-8-10-13-25)27(32)14-11-17-31(36(5,34)35)26-20-22(2)19-23(3)21-26/h8-10,12-13,19-21,24H,6-7,11,14-18H2,1-5H3,(H,29,33). The maximum atomic E-state index is 13.3. The number of unbranched alkanes of at least 4 members (excludes halogenated alkanes) is 1. The van der Waals surface area contributed by atoms with Crippen LogP contribution in [0.1, 0.15) is 56.2 Å². The Balaban J connectivity index is 2.11. The molecule has 198 valence electrons. The van der Waals surface area contributed by atoms with Crippen molar-refractivity contribution < 1.29 is 18.0 Å². The van der Waals surface area contributed by atoms with E-state index in [1.807, 2.05) is 62.4 Å². The van der Waals surface area contributed by atoms with Crippen LogP contribution < -0.4 is 9.62 Å². The number of aryl methyl sites for hydroxylation is 2. The van der Waals surface area contributed by atoms with E-state index >= 15 is 0 Å². The van der Waals surface area contributed by atoms with Crippen molar-refractivity contribution in [3.8, 4) is 0 Å². The van der Waals surface area contributed by atoms with Gasteiger partial charge in [-0.15, -0.1) is 0 Å². The molecule has 0 aliphatic carbocycles. The summed E-state index contributed by atoms with van der Waals surface area (Å²) in [5, 5.41) is 2.92. The van der Waals surface area contributed by atoms with E-state index in [9.17, 15) is 18.0 Å². The van der Waals surface area contributed by atoms with Crippen LogP contribution in [0.5, 0.6) is 0 Å². The molecule has 0 radical (unpaired) electrons. The van der Waals surface area contributed by atoms with Crippen molar-refractivity contribution in [3.63, 3.8) is 0 Å². The Bertz CT molecular complexity index is 1080. The van der Waals surface area contributed by atoms with E-state index in [1.165, 1.54) is 10.6 Å². The second-order valence-corrected chi connectivity index (χ2v) is 11.3. The van der Waals surface area contributed by atoms with Crippen molar-refractivity contribution in [1.82, 2.24) is 10.2 Å². The quantitative estimate of drug-likeness (QED) is 0.382. The summed E-state index contributed by atoms with van der Waals surface area (Å²) >= 11 is 0. The van der Waals surface area contributed by atoms with Crippen LogP contribution >= 0.6 is 0 Å². The van der Waals surface area contributed by atoms with Crippen LogP contribution in [0, 0.1) is 13.8 Å². The zero-order valence-corrected chi connectivity index (χ0v) is 23.1. The average Bonchev–Trinajstić information content (AvgIpc) is 2.81. The molecule has 0 saturated heterocycles. The smallest absolute Gasteiger partial charge is 0.242 e. The first kappa shape index (κ1) is 29.4. The first-order chi connectivity index (χ1) is 17.0. The number of hydrogen-bond acceptors (Lipinski definition) is 4. The van der Waals surface area contributed by atoms with Crippen molar-refractivity contribution in [1.29, 1.82) is 0 Å². The molecular weight excluding hydrogens is 474 g/mol. The van der Waals surface area contributed by atoms with Crippen LogP contribution in [0.25, 0.3) is 0 Å². The molecular formula is C28H41N3O4S. The molecule has 7 nitrogen and oxygen atoms in total. The van der Waals surface area contributed by atoms with Gasteiger partial charge in [0.1, 0.15) is 6.04 Å². The minimum atomic E-state index is -3.51. The predicted octanol–water partition coefficient (Wildman–Crippen LogP) is 4.23. The highest BCUT2D eigenvalue weighted by molar-refractivity contribution is 7.92. The Morgan fingerprint density at radius 1 is 0.972 bits per heavy atom. The molecule has 2 rings (SSSR count). The third-order valence-electron chi connectivity index (χ3n) is 6.13. The number of nitrogens with one attached hydrogen (secondary N) is 1. The van der Waals surface area contributed by atoms with Gasteiger partial charge in [-0.3, -0.25) is 13.9 Å². The minimum Gasteiger partial charge on any atom is -0.354 e. The first-order valence-electron chi connectivity index (χ1n) is 12.7. The monoisotopic (exact) mass is 515 g/mol. The molecule has 0 aliphatic rings. The van der Waals surface area contributed by atoms with Gasteiger partial charge in [0.05, 0.1) is 11.9 Å². The molecule has 2 aromatic rings. The predicted molar refractivity (Wildman–Crippen MR) is 147 cm³/mol. The summed E-state index contributed by atoms with van der Waals surface area (Å²) in [5.74, 6) is -0.323. The second kappa shape index (κ2) is 14.0. The Kier molecular flexibility index (Phi) is 11.4. The Labute approximate surface area is 216 Å². The maximum absolute atomic E-state index is 13.3. The third kappa shape index (κ3) is 9.30. The van der Waals surface area contributed by atoms with E-state index in [1.54, 1.807) is 11.8 Å². The van der Waals surface area contributed by atoms with Gasteiger partial charge < -0.3 is 10.2 Å². The van der Waals surface area contributed by atoms with Crippen LogP contribution in [0.4, 0.5) is 5.69 Å². The highest BCUT2D eigenvalue weighted by Gasteiger charge is 2.26. The number of carbonyl (C=O) groups is 2. The van der Waals surface area contributed by atoms with Crippen LogP contribution in [0.3, 0.4) is 0 Å². The lowest BCUT2D eigenvalue weighted by molar-refractivity contribution is -0.139. The molecule has 1 N–H and O–H groups in total. The van der Waals surface area contributed by atoms with E-state index in [0.717, 1.165) is 29.5 Å². The number of nitrogens with zero attached hydrogens (tertiary/aromatic N) is 2. The number of sulfonamides is 1. The summed E-state index contributed by atoms with van der Waals surface area (Å²) in [7, 11) is -3.51. The van der Waals surface area contributed by atoms with E-state index < -0.39 is 16.1 Å². The summed E-state index contributed by atoms with van der Waals surface area (Å²) in [5.41, 5.74) is 3.65. The molecule has 0 saturated carbocycles. The molecule has 2 aromatic carbocycles. The highest BCUT2D eigenvalue weighted by atomic mass is 32.2. The topological polar surface area (TPSA) is 86.8 Å². The van der Waals surface area contributed by atoms with Gasteiger partial charge in [-0.2, -0.15) is 0 Å². The van der Waals surface area contributed by atoms with Gasteiger partial charge in [-0.25, -0.2) is 8.42 Å². The number of anilines is 1. The minimum absolute atomic E-state index is 0.151. The first-order valence-corrected chi connectivity index (χ1v) is 14.5. The van der Waals surface area contributed by atoms with E-state index in [0.29, 0.717) is 31.6 Å². The van der Waals surface area contributed by atoms with E-state index in [2.05, 4.69) is 12.2 Å². The highest BCUT2D eigenvalue weighted by Crippen LogP contribution is 2.22. The fraction of sp³-hybridized carbons (Fsp3) is 0.500. The summed E-state index contributed by atoms with van der Waals surface area (Å²) in [4.78, 5) is 27.7. The lowest BCUT2D eigenvalue weighted by Gasteiger charge is -2.29. The van der Waals surface area contributed by atoms with Gasteiger partial charge in [0.2, 0.25) is 21.8 Å². The number of carbonyl (C=O) groups excluding carboxylic acids is 2. The normalized spacial score (nSPS) is 12.1. The molecule has 0 aliphatic heterocycles. The van der Waals surface area contributed by atoms with Crippen LogP contribution in [0.2, 0.25) is 0 Å². The lowest BCUT2D eigenvalue weighted by atomic mass is 10.1. The molecule has 0 spiro atoms. The number of hydrogen-bond donors (Lipinski definition) is 1. The van der Waals surface area contributed by atoms with Gasteiger partial charge in [-0.05, 0) is 68.9 Å². The number of rotatable bonds is 14. The van der Waals surface area contributed by atoms with Crippen molar-refractivity contribution in [2.24, 2.45) is 0 Å². The number of amides is 2. The average molecular weight is 516 g/mol. The molecule has 1 atom stereocenters. The van der Waals surface area contributed by atoms with Crippen molar-refractivity contribution in [3.05, 3.63) is 65.2 Å². The number of benzene rings is 2. The van der Waals surface area contributed by atoms with Crippen molar-refractivity contribution in [2.45, 2.75) is 65.8 Å². The molecule has 8 heteroatoms. The molecule has 1 unspecified atom stereocenters. The SMILES string of the molecule is CCCCNC(=O)C(C)N(CCc1ccccc1)C(=O)CCCN(c1cc(C)cc(C)c1)S(C)(=O)=O. The van der Waals surface area contributed by atoms with Crippen LogP contribution in [-0.4, -0.2) is 57.1 Å². The summed E-state index contributed by atoms with van der Waals surface area (Å²) < 4.78 is 26.4. The lowest BCUT2D eigenvalue weighted by Crippen LogP contribution is -2.49. The van der Waals surface area contributed by atoms with Gasteiger partial charge in [0.15, 0.2) is 0 Å². The maximum Gasteiger partial charge on any atom is 0.242 e. The van der Waals surface area contributed by atoms with Gasteiger partial charge in [0, 0.05) is 26.1 Å². The molecule has 2 amide bonds. The van der Waals surface area contributed by atoms with Gasteiger partial charge >= 0.3 is 0 Å². The van der Waals surface area contributed by atoms with E-state index in [4.69, 9.17) is 0 Å². The van der Waals surface area contributed by atoms with Crippen LogP contribution in [-0.2, 0) is 26.0 Å². The van der Waals surface area contributed by atoms with Crippen molar-refractivity contribution in [2.75, 3.05) is 30.2 Å². The second-order valence-electron chi connectivity index (χ2n) is 9.43. The summed E-state index contributed by atoms with van der Waals surface area (Å²) in [6.07, 6.45) is 4.18.